The fourth-order valence-electron chi connectivity index (χ4n) is 3.76. The van der Waals surface area contributed by atoms with Gasteiger partial charge < -0.3 is 10.2 Å². The summed E-state index contributed by atoms with van der Waals surface area (Å²) >= 11 is 6.22. The Kier molecular flexibility index (Phi) is 7.56. The summed E-state index contributed by atoms with van der Waals surface area (Å²) in [6.45, 7) is 5.77. The van der Waals surface area contributed by atoms with Crippen molar-refractivity contribution in [1.82, 2.24) is 4.31 Å². The molecule has 1 fully saturated rings. The monoisotopic (exact) mass is 467 g/mol. The van der Waals surface area contributed by atoms with Crippen molar-refractivity contribution in [3.05, 3.63) is 52.8 Å². The second-order valence-corrected chi connectivity index (χ2v) is 9.74. The molecule has 6 nitrogen and oxygen atoms in total. The van der Waals surface area contributed by atoms with E-state index in [4.69, 9.17) is 11.6 Å². The molecular formula is C22H27ClFN3O3S. The fraction of sp³-hybridized carbons (Fsp3) is 0.409. The van der Waals surface area contributed by atoms with E-state index in [9.17, 15) is 17.6 Å². The molecule has 1 N–H and O–H groups in total. The minimum atomic E-state index is -3.75. The van der Waals surface area contributed by atoms with Crippen LogP contribution < -0.4 is 10.2 Å². The molecule has 1 amide bonds. The third kappa shape index (κ3) is 5.19. The molecular weight excluding hydrogens is 441 g/mol. The minimum absolute atomic E-state index is 0.0127. The van der Waals surface area contributed by atoms with Gasteiger partial charge in [-0.1, -0.05) is 25.4 Å². The first-order valence-electron chi connectivity index (χ1n) is 10.4. The molecule has 168 valence electrons. The maximum atomic E-state index is 14.0. The summed E-state index contributed by atoms with van der Waals surface area (Å²) < 4.78 is 40.9. The summed E-state index contributed by atoms with van der Waals surface area (Å²) in [6.07, 6.45) is 3.20. The van der Waals surface area contributed by atoms with Crippen LogP contribution in [0.4, 0.5) is 15.8 Å². The smallest absolute Gasteiger partial charge is 0.257 e. The molecule has 0 saturated carbocycles. The van der Waals surface area contributed by atoms with E-state index >= 15 is 0 Å². The van der Waals surface area contributed by atoms with Gasteiger partial charge in [0.2, 0.25) is 10.0 Å². The fourth-order valence-corrected chi connectivity index (χ4v) is 5.45. The maximum absolute atomic E-state index is 14.0. The molecule has 0 aromatic heterocycles. The van der Waals surface area contributed by atoms with E-state index in [1.54, 1.807) is 19.9 Å². The van der Waals surface area contributed by atoms with Crippen molar-refractivity contribution in [2.24, 2.45) is 0 Å². The number of hydrogen-bond donors (Lipinski definition) is 1. The number of halogens is 2. The lowest BCUT2D eigenvalue weighted by Gasteiger charge is -2.30. The largest absolute Gasteiger partial charge is 0.370 e. The first kappa shape index (κ1) is 23.5. The van der Waals surface area contributed by atoms with Crippen molar-refractivity contribution >= 4 is 38.9 Å². The van der Waals surface area contributed by atoms with Crippen LogP contribution in [0.2, 0.25) is 5.02 Å². The van der Waals surface area contributed by atoms with E-state index < -0.39 is 21.7 Å². The van der Waals surface area contributed by atoms with Gasteiger partial charge in [0.1, 0.15) is 5.82 Å². The van der Waals surface area contributed by atoms with Gasteiger partial charge >= 0.3 is 0 Å². The highest BCUT2D eigenvalue weighted by atomic mass is 35.5. The number of piperidine rings is 1. The average Bonchev–Trinajstić information content (AvgIpc) is 2.75. The first-order valence-corrected chi connectivity index (χ1v) is 12.2. The van der Waals surface area contributed by atoms with Crippen LogP contribution in [-0.2, 0) is 10.0 Å². The Morgan fingerprint density at radius 2 is 1.77 bits per heavy atom. The molecule has 9 heteroatoms. The van der Waals surface area contributed by atoms with Gasteiger partial charge in [0.15, 0.2) is 0 Å². The molecule has 0 unspecified atom stereocenters. The van der Waals surface area contributed by atoms with Gasteiger partial charge in [-0.05, 0) is 55.7 Å². The van der Waals surface area contributed by atoms with E-state index in [1.165, 1.54) is 34.6 Å². The quantitative estimate of drug-likeness (QED) is 0.637. The minimum Gasteiger partial charge on any atom is -0.370 e. The molecule has 0 bridgehead atoms. The van der Waals surface area contributed by atoms with Gasteiger partial charge in [0.05, 0.1) is 26.9 Å². The second kappa shape index (κ2) is 9.97. The lowest BCUT2D eigenvalue weighted by atomic mass is 10.1. The lowest BCUT2D eigenvalue weighted by molar-refractivity contribution is 0.102. The zero-order valence-corrected chi connectivity index (χ0v) is 19.3. The van der Waals surface area contributed by atoms with E-state index in [0.29, 0.717) is 18.8 Å². The predicted molar refractivity (Wildman–Crippen MR) is 122 cm³/mol. The Bertz CT molecular complexity index is 1050. The van der Waals surface area contributed by atoms with Crippen molar-refractivity contribution in [3.63, 3.8) is 0 Å². The number of anilines is 2. The number of carbonyl (C=O) groups excluding carboxylic acids is 1. The number of nitrogens with zero attached hydrogens (tertiary/aromatic N) is 2. The Balaban J connectivity index is 1.93. The van der Waals surface area contributed by atoms with Crippen molar-refractivity contribution in [1.29, 1.82) is 0 Å². The van der Waals surface area contributed by atoms with E-state index in [-0.39, 0.29) is 15.5 Å². The molecule has 1 aliphatic heterocycles. The van der Waals surface area contributed by atoms with Crippen molar-refractivity contribution in [3.8, 4) is 0 Å². The summed E-state index contributed by atoms with van der Waals surface area (Å²) in [5, 5.41) is 2.85. The zero-order valence-electron chi connectivity index (χ0n) is 17.7. The first-order chi connectivity index (χ1) is 14.8. The van der Waals surface area contributed by atoms with E-state index in [2.05, 4.69) is 10.2 Å². The van der Waals surface area contributed by atoms with Gasteiger partial charge in [0.25, 0.3) is 5.91 Å². The molecule has 0 atom stereocenters. The standard InChI is InChI=1S/C22H27ClFN3O3S/c1-3-27(4-2)31(29,30)17-9-10-19(23)18(15-17)22(28)25-20-14-16(24)8-11-21(20)26-12-6-5-7-13-26/h8-11,14-15H,3-7,12-13H2,1-2H3,(H,25,28). The maximum Gasteiger partial charge on any atom is 0.257 e. The molecule has 31 heavy (non-hydrogen) atoms. The lowest BCUT2D eigenvalue weighted by Crippen LogP contribution is -2.31. The van der Waals surface area contributed by atoms with Gasteiger partial charge in [-0.25, -0.2) is 12.8 Å². The number of amides is 1. The Morgan fingerprint density at radius 1 is 1.10 bits per heavy atom. The molecule has 0 spiro atoms. The summed E-state index contributed by atoms with van der Waals surface area (Å²) in [4.78, 5) is 15.1. The van der Waals surface area contributed by atoms with Crippen LogP contribution in [0.25, 0.3) is 0 Å². The van der Waals surface area contributed by atoms with Crippen molar-refractivity contribution in [2.75, 3.05) is 36.4 Å². The topological polar surface area (TPSA) is 69.7 Å². The molecule has 2 aromatic rings. The van der Waals surface area contributed by atoms with Crippen LogP contribution in [0, 0.1) is 5.82 Å². The van der Waals surface area contributed by atoms with Gasteiger partial charge in [0, 0.05) is 26.2 Å². The van der Waals surface area contributed by atoms with Crippen LogP contribution in [-0.4, -0.2) is 44.8 Å². The second-order valence-electron chi connectivity index (χ2n) is 7.39. The summed E-state index contributed by atoms with van der Waals surface area (Å²) in [5.74, 6) is -1.06. The highest BCUT2D eigenvalue weighted by molar-refractivity contribution is 7.89. The van der Waals surface area contributed by atoms with Crippen molar-refractivity contribution < 1.29 is 17.6 Å². The van der Waals surface area contributed by atoms with Crippen LogP contribution in [0.1, 0.15) is 43.5 Å². The third-order valence-corrected chi connectivity index (χ3v) is 7.80. The predicted octanol–water partition coefficient (Wildman–Crippen LogP) is 4.75. The summed E-state index contributed by atoms with van der Waals surface area (Å²) in [5.41, 5.74) is 1.08. The van der Waals surface area contributed by atoms with Crippen LogP contribution >= 0.6 is 11.6 Å². The van der Waals surface area contributed by atoms with Gasteiger partial charge in [-0.3, -0.25) is 4.79 Å². The van der Waals surface area contributed by atoms with Gasteiger partial charge in [-0.2, -0.15) is 4.31 Å². The molecule has 0 radical (unpaired) electrons. The highest BCUT2D eigenvalue weighted by Gasteiger charge is 2.24. The third-order valence-electron chi connectivity index (χ3n) is 5.43. The number of hydrogen-bond acceptors (Lipinski definition) is 4. The zero-order chi connectivity index (χ0) is 22.6. The number of sulfonamides is 1. The van der Waals surface area contributed by atoms with E-state index in [1.807, 2.05) is 0 Å². The van der Waals surface area contributed by atoms with Crippen molar-refractivity contribution in [2.45, 2.75) is 38.0 Å². The average molecular weight is 468 g/mol. The number of nitrogens with one attached hydrogen (secondary N) is 1. The summed E-state index contributed by atoms with van der Waals surface area (Å²) in [6, 6.07) is 8.33. The molecule has 1 saturated heterocycles. The van der Waals surface area contributed by atoms with Crippen LogP contribution in [0.5, 0.6) is 0 Å². The molecule has 3 rings (SSSR count). The highest BCUT2D eigenvalue weighted by Crippen LogP contribution is 2.31. The number of rotatable bonds is 7. The normalized spacial score (nSPS) is 14.7. The van der Waals surface area contributed by atoms with Gasteiger partial charge in [-0.15, -0.1) is 0 Å². The summed E-state index contributed by atoms with van der Waals surface area (Å²) in [7, 11) is -3.75. The van der Waals surface area contributed by atoms with Crippen LogP contribution in [0.15, 0.2) is 41.3 Å². The molecule has 1 heterocycles. The molecule has 2 aromatic carbocycles. The Hall–Kier alpha value is -2.16. The SMILES string of the molecule is CCN(CC)S(=O)(=O)c1ccc(Cl)c(C(=O)Nc2cc(F)ccc2N2CCCCC2)c1. The number of benzene rings is 2. The van der Waals surface area contributed by atoms with Crippen LogP contribution in [0.3, 0.4) is 0 Å². The van der Waals surface area contributed by atoms with E-state index in [0.717, 1.165) is 38.0 Å². The Labute approximate surface area is 188 Å². The Morgan fingerprint density at radius 3 is 2.42 bits per heavy atom. The molecule has 0 aliphatic carbocycles. The molecule has 1 aliphatic rings. The number of carbonyl (C=O) groups is 1.